The van der Waals surface area contributed by atoms with Gasteiger partial charge in [0.2, 0.25) is 0 Å². The van der Waals surface area contributed by atoms with Gasteiger partial charge in [0, 0.05) is 37.9 Å². The fourth-order valence-corrected chi connectivity index (χ4v) is 3.29. The Labute approximate surface area is 165 Å². The van der Waals surface area contributed by atoms with Crippen molar-refractivity contribution in [3.8, 4) is 0 Å². The molecule has 2 aromatic rings. The van der Waals surface area contributed by atoms with Gasteiger partial charge in [-0.1, -0.05) is 11.8 Å². The van der Waals surface area contributed by atoms with Gasteiger partial charge in [0.25, 0.3) is 5.91 Å². The van der Waals surface area contributed by atoms with Crippen LogP contribution in [0.3, 0.4) is 0 Å². The van der Waals surface area contributed by atoms with E-state index in [0.717, 1.165) is 36.9 Å². The molecule has 0 fully saturated rings. The van der Waals surface area contributed by atoms with Crippen molar-refractivity contribution in [2.75, 3.05) is 45.2 Å². The van der Waals surface area contributed by atoms with Crippen LogP contribution < -0.4 is 10.2 Å². The number of amides is 1. The van der Waals surface area contributed by atoms with Gasteiger partial charge in [-0.15, -0.1) is 0 Å². The SMILES string of the molecule is CCN(CC)c1cc(C)nc(SCc2ccc(C(=O)NCCN(C)C)o2)n1. The van der Waals surface area contributed by atoms with E-state index >= 15 is 0 Å². The molecule has 0 aliphatic rings. The molecule has 0 radical (unpaired) electrons. The molecule has 0 saturated heterocycles. The largest absolute Gasteiger partial charge is 0.455 e. The van der Waals surface area contributed by atoms with Crippen LogP contribution in [-0.4, -0.2) is 61.0 Å². The molecule has 0 spiro atoms. The fraction of sp³-hybridized carbons (Fsp3) is 0.526. The van der Waals surface area contributed by atoms with Gasteiger partial charge in [-0.05, 0) is 47.0 Å². The van der Waals surface area contributed by atoms with Crippen LogP contribution >= 0.6 is 11.8 Å². The number of nitrogens with zero attached hydrogens (tertiary/aromatic N) is 4. The lowest BCUT2D eigenvalue weighted by Crippen LogP contribution is -2.31. The molecular weight excluding hydrogens is 362 g/mol. The molecule has 0 atom stereocenters. The van der Waals surface area contributed by atoms with E-state index in [1.165, 1.54) is 11.8 Å². The van der Waals surface area contributed by atoms with E-state index in [1.54, 1.807) is 6.07 Å². The van der Waals surface area contributed by atoms with Crippen molar-refractivity contribution in [1.29, 1.82) is 0 Å². The minimum Gasteiger partial charge on any atom is -0.455 e. The average Bonchev–Trinajstić information content (AvgIpc) is 3.09. The maximum absolute atomic E-state index is 12.1. The van der Waals surface area contributed by atoms with Crippen LogP contribution in [0.2, 0.25) is 0 Å². The summed E-state index contributed by atoms with van der Waals surface area (Å²) in [7, 11) is 3.93. The molecule has 148 valence electrons. The predicted molar refractivity (Wildman–Crippen MR) is 109 cm³/mol. The van der Waals surface area contributed by atoms with E-state index in [4.69, 9.17) is 4.42 Å². The van der Waals surface area contributed by atoms with E-state index in [2.05, 4.69) is 34.0 Å². The van der Waals surface area contributed by atoms with Crippen molar-refractivity contribution in [2.24, 2.45) is 0 Å². The Bertz CT molecular complexity index is 743. The normalized spacial score (nSPS) is 11.0. The number of nitrogens with one attached hydrogen (secondary N) is 1. The summed E-state index contributed by atoms with van der Waals surface area (Å²) in [5, 5.41) is 3.56. The maximum Gasteiger partial charge on any atom is 0.287 e. The highest BCUT2D eigenvalue weighted by atomic mass is 32.2. The second-order valence-electron chi connectivity index (χ2n) is 6.44. The van der Waals surface area contributed by atoms with E-state index in [1.807, 2.05) is 38.1 Å². The summed E-state index contributed by atoms with van der Waals surface area (Å²) in [5.41, 5.74) is 0.940. The summed E-state index contributed by atoms with van der Waals surface area (Å²) in [4.78, 5) is 25.4. The number of furan rings is 1. The Morgan fingerprint density at radius 3 is 2.63 bits per heavy atom. The lowest BCUT2D eigenvalue weighted by Gasteiger charge is -2.20. The van der Waals surface area contributed by atoms with Crippen LogP contribution in [0.1, 0.15) is 35.9 Å². The minimum absolute atomic E-state index is 0.191. The standard InChI is InChI=1S/C19H29N5O2S/c1-6-24(7-2)17-12-14(3)21-19(22-17)27-13-15-8-9-16(26-15)18(25)20-10-11-23(4)5/h8-9,12H,6-7,10-11,13H2,1-5H3,(H,20,25). The molecule has 0 aliphatic heterocycles. The molecular formula is C19H29N5O2S. The molecule has 0 aliphatic carbocycles. The van der Waals surface area contributed by atoms with Crippen LogP contribution in [-0.2, 0) is 5.75 Å². The minimum atomic E-state index is -0.191. The summed E-state index contributed by atoms with van der Waals surface area (Å²) >= 11 is 1.51. The number of hydrogen-bond acceptors (Lipinski definition) is 7. The summed E-state index contributed by atoms with van der Waals surface area (Å²) in [6.07, 6.45) is 0. The Morgan fingerprint density at radius 1 is 1.22 bits per heavy atom. The summed E-state index contributed by atoms with van der Waals surface area (Å²) in [5.74, 6) is 2.39. The summed E-state index contributed by atoms with van der Waals surface area (Å²) < 4.78 is 5.66. The Balaban J connectivity index is 1.95. The molecule has 27 heavy (non-hydrogen) atoms. The highest BCUT2D eigenvalue weighted by Crippen LogP contribution is 2.23. The van der Waals surface area contributed by atoms with Crippen molar-refractivity contribution in [2.45, 2.75) is 31.7 Å². The quantitative estimate of drug-likeness (QED) is 0.493. The summed E-state index contributed by atoms with van der Waals surface area (Å²) in [6.45, 7) is 9.38. The first kappa shape index (κ1) is 21.2. The Kier molecular flexibility index (Phi) is 8.12. The zero-order valence-electron chi connectivity index (χ0n) is 16.8. The molecule has 7 nitrogen and oxygen atoms in total. The first-order chi connectivity index (χ1) is 12.9. The molecule has 2 aromatic heterocycles. The predicted octanol–water partition coefficient (Wildman–Crippen LogP) is 2.81. The molecule has 0 saturated carbocycles. The molecule has 1 N–H and O–H groups in total. The first-order valence-electron chi connectivity index (χ1n) is 9.18. The highest BCUT2D eigenvalue weighted by Gasteiger charge is 2.13. The molecule has 0 aromatic carbocycles. The zero-order chi connectivity index (χ0) is 19.8. The first-order valence-corrected chi connectivity index (χ1v) is 10.2. The van der Waals surface area contributed by atoms with Gasteiger partial charge in [-0.3, -0.25) is 4.79 Å². The summed E-state index contributed by atoms with van der Waals surface area (Å²) in [6, 6.07) is 5.54. The van der Waals surface area contributed by atoms with Gasteiger partial charge in [-0.2, -0.15) is 0 Å². The van der Waals surface area contributed by atoms with Crippen molar-refractivity contribution in [1.82, 2.24) is 20.2 Å². The van der Waals surface area contributed by atoms with Gasteiger partial charge in [0.15, 0.2) is 10.9 Å². The van der Waals surface area contributed by atoms with Gasteiger partial charge in [-0.25, -0.2) is 9.97 Å². The third-order valence-corrected chi connectivity index (χ3v) is 4.85. The number of thioether (sulfide) groups is 1. The number of rotatable bonds is 10. The van der Waals surface area contributed by atoms with E-state index < -0.39 is 0 Å². The maximum atomic E-state index is 12.1. The highest BCUT2D eigenvalue weighted by molar-refractivity contribution is 7.98. The number of likely N-dealkylation sites (N-methyl/N-ethyl adjacent to an activating group) is 1. The molecule has 0 bridgehead atoms. The van der Waals surface area contributed by atoms with Gasteiger partial charge >= 0.3 is 0 Å². The van der Waals surface area contributed by atoms with E-state index in [-0.39, 0.29) is 5.91 Å². The van der Waals surface area contributed by atoms with Crippen molar-refractivity contribution in [3.63, 3.8) is 0 Å². The Morgan fingerprint density at radius 2 is 1.96 bits per heavy atom. The average molecular weight is 392 g/mol. The zero-order valence-corrected chi connectivity index (χ0v) is 17.6. The van der Waals surface area contributed by atoms with Crippen molar-refractivity contribution < 1.29 is 9.21 Å². The second kappa shape index (κ2) is 10.3. The van der Waals surface area contributed by atoms with Gasteiger partial charge in [0.05, 0.1) is 5.75 Å². The number of carbonyl (C=O) groups excluding carboxylic acids is 1. The number of carbonyl (C=O) groups is 1. The van der Waals surface area contributed by atoms with E-state index in [0.29, 0.717) is 23.2 Å². The van der Waals surface area contributed by atoms with Crippen molar-refractivity contribution >= 4 is 23.5 Å². The Hall–Kier alpha value is -2.06. The number of aryl methyl sites for hydroxylation is 1. The van der Waals surface area contributed by atoms with Gasteiger partial charge < -0.3 is 19.5 Å². The monoisotopic (exact) mass is 391 g/mol. The number of aromatic nitrogens is 2. The number of hydrogen-bond donors (Lipinski definition) is 1. The van der Waals surface area contributed by atoms with Crippen LogP contribution in [0.4, 0.5) is 5.82 Å². The third kappa shape index (κ3) is 6.55. The molecule has 1 amide bonds. The lowest BCUT2D eigenvalue weighted by atomic mass is 10.4. The molecule has 8 heteroatoms. The third-order valence-electron chi connectivity index (χ3n) is 3.98. The topological polar surface area (TPSA) is 74.5 Å². The molecule has 2 rings (SSSR count). The lowest BCUT2D eigenvalue weighted by molar-refractivity contribution is 0.0922. The smallest absolute Gasteiger partial charge is 0.287 e. The molecule has 0 unspecified atom stereocenters. The van der Waals surface area contributed by atoms with E-state index in [9.17, 15) is 4.79 Å². The van der Waals surface area contributed by atoms with Crippen molar-refractivity contribution in [3.05, 3.63) is 35.4 Å². The van der Waals surface area contributed by atoms with Crippen LogP contribution in [0, 0.1) is 6.92 Å². The van der Waals surface area contributed by atoms with Crippen LogP contribution in [0.5, 0.6) is 0 Å². The van der Waals surface area contributed by atoms with Crippen LogP contribution in [0.15, 0.2) is 27.8 Å². The number of anilines is 1. The van der Waals surface area contributed by atoms with Gasteiger partial charge in [0.1, 0.15) is 11.6 Å². The second-order valence-corrected chi connectivity index (χ2v) is 7.38. The fourth-order valence-electron chi connectivity index (χ4n) is 2.49. The van der Waals surface area contributed by atoms with Crippen LogP contribution in [0.25, 0.3) is 0 Å². The molecule has 2 heterocycles.